The van der Waals surface area contributed by atoms with Crippen molar-refractivity contribution >= 4 is 16.8 Å². The summed E-state index contributed by atoms with van der Waals surface area (Å²) in [6.45, 7) is 7.62. The average molecular weight is 271 g/mol. The second-order valence-corrected chi connectivity index (χ2v) is 5.79. The van der Waals surface area contributed by atoms with Crippen LogP contribution in [-0.4, -0.2) is 22.5 Å². The Morgan fingerprint density at radius 1 is 1.35 bits per heavy atom. The van der Waals surface area contributed by atoms with E-state index >= 15 is 0 Å². The van der Waals surface area contributed by atoms with E-state index in [1.807, 2.05) is 58.0 Å². The smallest absolute Gasteiger partial charge is 0.252 e. The van der Waals surface area contributed by atoms with Crippen LogP contribution in [0, 0.1) is 6.92 Å². The lowest BCUT2D eigenvalue weighted by Crippen LogP contribution is -2.54. The number of pyridine rings is 1. The van der Waals surface area contributed by atoms with Gasteiger partial charge in [0.2, 0.25) is 0 Å². The molecule has 0 saturated carbocycles. The Labute approximate surface area is 119 Å². The van der Waals surface area contributed by atoms with E-state index in [4.69, 9.17) is 5.73 Å². The standard InChI is InChI=1S/C16H21N3O/c1-10-9-13(12-7-5-6-8-14(12)18-10)15(20)19-16(3,4)11(2)17/h5-9,11H,17H2,1-4H3,(H,19,20). The highest BCUT2D eigenvalue weighted by Crippen LogP contribution is 2.19. The first kappa shape index (κ1) is 14.5. The minimum atomic E-state index is -0.463. The minimum absolute atomic E-state index is 0.117. The van der Waals surface area contributed by atoms with Gasteiger partial charge in [0.25, 0.3) is 5.91 Å². The van der Waals surface area contributed by atoms with E-state index in [1.54, 1.807) is 0 Å². The molecular weight excluding hydrogens is 250 g/mol. The van der Waals surface area contributed by atoms with E-state index in [1.165, 1.54) is 0 Å². The number of amides is 1. The first-order valence-electron chi connectivity index (χ1n) is 6.76. The van der Waals surface area contributed by atoms with E-state index in [0.717, 1.165) is 16.6 Å². The van der Waals surface area contributed by atoms with Crippen LogP contribution in [0.3, 0.4) is 0 Å². The number of nitrogens with zero attached hydrogens (tertiary/aromatic N) is 1. The SMILES string of the molecule is Cc1cc(C(=O)NC(C)(C)C(C)N)c2ccccc2n1. The Morgan fingerprint density at radius 2 is 2.00 bits per heavy atom. The van der Waals surface area contributed by atoms with Crippen molar-refractivity contribution in [3.05, 3.63) is 41.6 Å². The number of carbonyl (C=O) groups is 1. The van der Waals surface area contributed by atoms with Crippen LogP contribution < -0.4 is 11.1 Å². The van der Waals surface area contributed by atoms with Gasteiger partial charge in [0.15, 0.2) is 0 Å². The number of para-hydroxylation sites is 1. The number of hydrogen-bond donors (Lipinski definition) is 2. The first-order chi connectivity index (χ1) is 9.31. The number of aromatic nitrogens is 1. The molecule has 0 radical (unpaired) electrons. The summed E-state index contributed by atoms with van der Waals surface area (Å²) in [5.74, 6) is -0.117. The zero-order chi connectivity index (χ0) is 14.9. The van der Waals surface area contributed by atoms with Gasteiger partial charge in [-0.1, -0.05) is 18.2 Å². The molecule has 1 amide bonds. The van der Waals surface area contributed by atoms with Crippen LogP contribution in [0.15, 0.2) is 30.3 Å². The van der Waals surface area contributed by atoms with Crippen molar-refractivity contribution in [1.82, 2.24) is 10.3 Å². The molecule has 0 saturated heterocycles. The molecule has 4 heteroatoms. The molecule has 0 spiro atoms. The number of hydrogen-bond acceptors (Lipinski definition) is 3. The van der Waals surface area contributed by atoms with Crippen LogP contribution >= 0.6 is 0 Å². The summed E-state index contributed by atoms with van der Waals surface area (Å²) in [5.41, 5.74) is 7.75. The maximum Gasteiger partial charge on any atom is 0.252 e. The lowest BCUT2D eigenvalue weighted by molar-refractivity contribution is 0.0905. The van der Waals surface area contributed by atoms with Gasteiger partial charge in [0.1, 0.15) is 0 Å². The van der Waals surface area contributed by atoms with Crippen LogP contribution in [0.4, 0.5) is 0 Å². The van der Waals surface area contributed by atoms with Gasteiger partial charge in [-0.2, -0.15) is 0 Å². The molecule has 2 rings (SSSR count). The summed E-state index contributed by atoms with van der Waals surface area (Å²) in [6, 6.07) is 9.33. The molecule has 0 fully saturated rings. The van der Waals surface area contributed by atoms with Gasteiger partial charge in [0.05, 0.1) is 11.1 Å². The van der Waals surface area contributed by atoms with Crippen molar-refractivity contribution in [2.24, 2.45) is 5.73 Å². The molecule has 1 atom stereocenters. The van der Waals surface area contributed by atoms with Crippen LogP contribution in [-0.2, 0) is 0 Å². The van der Waals surface area contributed by atoms with Crippen molar-refractivity contribution < 1.29 is 4.79 Å². The zero-order valence-electron chi connectivity index (χ0n) is 12.4. The fourth-order valence-corrected chi connectivity index (χ4v) is 1.97. The summed E-state index contributed by atoms with van der Waals surface area (Å²) in [4.78, 5) is 17.0. The number of benzene rings is 1. The van der Waals surface area contributed by atoms with Crippen LogP contribution in [0.25, 0.3) is 10.9 Å². The lowest BCUT2D eigenvalue weighted by atomic mass is 9.96. The van der Waals surface area contributed by atoms with Gasteiger partial charge in [-0.25, -0.2) is 0 Å². The van der Waals surface area contributed by atoms with E-state index in [0.29, 0.717) is 5.56 Å². The minimum Gasteiger partial charge on any atom is -0.346 e. The summed E-state index contributed by atoms with van der Waals surface area (Å²) >= 11 is 0. The molecule has 20 heavy (non-hydrogen) atoms. The first-order valence-corrected chi connectivity index (χ1v) is 6.76. The molecule has 4 nitrogen and oxygen atoms in total. The largest absolute Gasteiger partial charge is 0.346 e. The Balaban J connectivity index is 2.45. The summed E-state index contributed by atoms with van der Waals surface area (Å²) in [5, 5.41) is 3.86. The van der Waals surface area contributed by atoms with E-state index in [9.17, 15) is 4.79 Å². The maximum atomic E-state index is 12.5. The number of rotatable bonds is 3. The molecule has 3 N–H and O–H groups in total. The number of nitrogens with two attached hydrogens (primary N) is 1. The normalized spacial score (nSPS) is 13.2. The molecule has 1 aromatic heterocycles. The van der Waals surface area contributed by atoms with E-state index in [-0.39, 0.29) is 11.9 Å². The molecule has 1 unspecified atom stereocenters. The fourth-order valence-electron chi connectivity index (χ4n) is 1.97. The molecule has 0 aliphatic heterocycles. The topological polar surface area (TPSA) is 68.0 Å². The van der Waals surface area contributed by atoms with Crippen molar-refractivity contribution in [2.75, 3.05) is 0 Å². The highest BCUT2D eigenvalue weighted by molar-refractivity contribution is 6.06. The number of carbonyl (C=O) groups excluding carboxylic acids is 1. The Bertz CT molecular complexity index is 647. The van der Waals surface area contributed by atoms with Crippen molar-refractivity contribution in [3.8, 4) is 0 Å². The third kappa shape index (κ3) is 2.80. The molecule has 0 bridgehead atoms. The molecule has 0 aliphatic rings. The average Bonchev–Trinajstić information content (AvgIpc) is 2.36. The maximum absolute atomic E-state index is 12.5. The highest BCUT2D eigenvalue weighted by Gasteiger charge is 2.26. The van der Waals surface area contributed by atoms with Crippen LogP contribution in [0.1, 0.15) is 36.8 Å². The molecule has 1 heterocycles. The van der Waals surface area contributed by atoms with Crippen molar-refractivity contribution in [2.45, 2.75) is 39.3 Å². The van der Waals surface area contributed by atoms with Gasteiger partial charge in [-0.05, 0) is 39.8 Å². The third-order valence-corrected chi connectivity index (χ3v) is 3.66. The second kappa shape index (κ2) is 5.21. The number of nitrogens with one attached hydrogen (secondary N) is 1. The summed E-state index contributed by atoms with van der Waals surface area (Å²) in [6.07, 6.45) is 0. The Kier molecular flexibility index (Phi) is 3.77. The van der Waals surface area contributed by atoms with E-state index in [2.05, 4.69) is 10.3 Å². The molecule has 106 valence electrons. The van der Waals surface area contributed by atoms with E-state index < -0.39 is 5.54 Å². The van der Waals surface area contributed by atoms with Crippen LogP contribution in [0.5, 0.6) is 0 Å². The highest BCUT2D eigenvalue weighted by atomic mass is 16.1. The van der Waals surface area contributed by atoms with Gasteiger partial charge in [-0.3, -0.25) is 9.78 Å². The lowest BCUT2D eigenvalue weighted by Gasteiger charge is -2.30. The quantitative estimate of drug-likeness (QED) is 0.900. The van der Waals surface area contributed by atoms with Gasteiger partial charge < -0.3 is 11.1 Å². The van der Waals surface area contributed by atoms with Gasteiger partial charge >= 0.3 is 0 Å². The number of fused-ring (bicyclic) bond motifs is 1. The van der Waals surface area contributed by atoms with Gasteiger partial charge in [-0.15, -0.1) is 0 Å². The second-order valence-electron chi connectivity index (χ2n) is 5.79. The fraction of sp³-hybridized carbons (Fsp3) is 0.375. The van der Waals surface area contributed by atoms with Crippen LogP contribution in [0.2, 0.25) is 0 Å². The Hall–Kier alpha value is -1.94. The summed E-state index contributed by atoms with van der Waals surface area (Å²) in [7, 11) is 0. The number of aryl methyl sites for hydroxylation is 1. The molecule has 2 aromatic rings. The van der Waals surface area contributed by atoms with Crippen molar-refractivity contribution in [3.63, 3.8) is 0 Å². The zero-order valence-corrected chi connectivity index (χ0v) is 12.4. The van der Waals surface area contributed by atoms with Gasteiger partial charge in [0, 0.05) is 22.7 Å². The summed E-state index contributed by atoms with van der Waals surface area (Å²) < 4.78 is 0. The predicted octanol–water partition coefficient (Wildman–Crippen LogP) is 2.40. The monoisotopic (exact) mass is 271 g/mol. The molecular formula is C16H21N3O. The predicted molar refractivity (Wildman–Crippen MR) is 81.7 cm³/mol. The van der Waals surface area contributed by atoms with Crippen molar-refractivity contribution in [1.29, 1.82) is 0 Å². The molecule has 1 aromatic carbocycles. The Morgan fingerprint density at radius 3 is 2.65 bits per heavy atom. The molecule has 0 aliphatic carbocycles. The third-order valence-electron chi connectivity index (χ3n) is 3.66.